The van der Waals surface area contributed by atoms with Gasteiger partial charge in [-0.15, -0.1) is 0 Å². The van der Waals surface area contributed by atoms with Crippen molar-refractivity contribution in [2.45, 2.75) is 38.2 Å². The highest BCUT2D eigenvalue weighted by molar-refractivity contribution is 7.92. The number of aryl methyl sites for hydroxylation is 1. The number of aromatic nitrogens is 2. The van der Waals surface area contributed by atoms with Crippen LogP contribution in [0.1, 0.15) is 47.2 Å². The Balaban J connectivity index is 1.39. The van der Waals surface area contributed by atoms with E-state index in [9.17, 15) is 13.2 Å². The predicted molar refractivity (Wildman–Crippen MR) is 149 cm³/mol. The topological polar surface area (TPSA) is 142 Å². The van der Waals surface area contributed by atoms with Gasteiger partial charge in [-0.2, -0.15) is 9.97 Å². The number of nitrogens with one attached hydrogen (secondary N) is 2. The Morgan fingerprint density at radius 2 is 1.73 bits per heavy atom. The first kappa shape index (κ1) is 28.4. The van der Waals surface area contributed by atoms with Crippen LogP contribution in [0.25, 0.3) is 0 Å². The number of nitrogens with zero attached hydrogens (tertiary/aromatic N) is 2. The summed E-state index contributed by atoms with van der Waals surface area (Å²) in [4.78, 5) is 20.6. The van der Waals surface area contributed by atoms with Crippen molar-refractivity contribution in [3.8, 4) is 17.6 Å². The molecule has 2 aromatic heterocycles. The van der Waals surface area contributed by atoms with Gasteiger partial charge in [-0.3, -0.25) is 9.52 Å². The lowest BCUT2D eigenvalue weighted by molar-refractivity contribution is 0.0992. The maximum atomic E-state index is 12.8. The van der Waals surface area contributed by atoms with Crippen LogP contribution in [0.4, 0.5) is 11.5 Å². The lowest BCUT2D eigenvalue weighted by Crippen LogP contribution is -2.15. The maximum Gasteiger partial charge on any atom is 0.321 e. The molecule has 0 spiro atoms. The SMILES string of the molecule is COc1cc(NS(=O)(=O)c2ccc(NC(=O)c3ccc(COc4cc(C)ccc4C(C)C)o3)cc2)nc(OC)n1. The van der Waals surface area contributed by atoms with Crippen LogP contribution in [0.5, 0.6) is 17.6 Å². The van der Waals surface area contributed by atoms with Crippen molar-refractivity contribution in [1.29, 1.82) is 0 Å². The molecule has 11 nitrogen and oxygen atoms in total. The van der Waals surface area contributed by atoms with E-state index in [1.165, 1.54) is 44.6 Å². The third-order valence-electron chi connectivity index (χ3n) is 5.78. The molecule has 2 aromatic carbocycles. The first-order chi connectivity index (χ1) is 19.1. The fourth-order valence-electron chi connectivity index (χ4n) is 3.73. The van der Waals surface area contributed by atoms with Crippen molar-refractivity contribution >= 4 is 27.4 Å². The van der Waals surface area contributed by atoms with Crippen LogP contribution >= 0.6 is 0 Å². The molecule has 0 fully saturated rings. The van der Waals surface area contributed by atoms with Crippen LogP contribution in [0.2, 0.25) is 0 Å². The van der Waals surface area contributed by atoms with Gasteiger partial charge in [-0.1, -0.05) is 26.0 Å². The molecule has 1 amide bonds. The molecular weight excluding hydrogens is 536 g/mol. The van der Waals surface area contributed by atoms with Crippen LogP contribution in [-0.4, -0.2) is 38.5 Å². The molecule has 0 unspecified atom stereocenters. The van der Waals surface area contributed by atoms with Gasteiger partial charge in [0.1, 0.15) is 18.1 Å². The highest BCUT2D eigenvalue weighted by Gasteiger charge is 2.18. The van der Waals surface area contributed by atoms with Gasteiger partial charge in [0.25, 0.3) is 15.9 Å². The van der Waals surface area contributed by atoms with E-state index in [0.717, 1.165) is 16.9 Å². The van der Waals surface area contributed by atoms with E-state index >= 15 is 0 Å². The predicted octanol–water partition coefficient (Wildman–Crippen LogP) is 5.15. The monoisotopic (exact) mass is 566 g/mol. The molecule has 210 valence electrons. The number of benzene rings is 2. The van der Waals surface area contributed by atoms with E-state index in [-0.39, 0.29) is 35.0 Å². The Labute approximate surface area is 232 Å². The van der Waals surface area contributed by atoms with Crippen LogP contribution in [-0.2, 0) is 16.6 Å². The molecule has 0 saturated heterocycles. The van der Waals surface area contributed by atoms with Gasteiger partial charge in [-0.05, 0) is 66.4 Å². The number of amides is 1. The summed E-state index contributed by atoms with van der Waals surface area (Å²) >= 11 is 0. The molecule has 4 aromatic rings. The number of hydrogen-bond donors (Lipinski definition) is 2. The second-order valence-corrected chi connectivity index (χ2v) is 10.8. The Morgan fingerprint density at radius 1 is 0.975 bits per heavy atom. The minimum Gasteiger partial charge on any atom is -0.485 e. The minimum absolute atomic E-state index is 0.0264. The van der Waals surface area contributed by atoms with Crippen molar-refractivity contribution in [2.75, 3.05) is 24.3 Å². The average Bonchev–Trinajstić information content (AvgIpc) is 3.41. The van der Waals surface area contributed by atoms with Gasteiger partial charge in [0.15, 0.2) is 11.6 Å². The van der Waals surface area contributed by atoms with E-state index in [2.05, 4.69) is 33.9 Å². The van der Waals surface area contributed by atoms with Gasteiger partial charge in [0.2, 0.25) is 5.88 Å². The summed E-state index contributed by atoms with van der Waals surface area (Å²) in [6, 6.07) is 16.2. The van der Waals surface area contributed by atoms with Crippen LogP contribution in [0.15, 0.2) is 70.0 Å². The van der Waals surface area contributed by atoms with Crippen molar-refractivity contribution in [3.63, 3.8) is 0 Å². The quantitative estimate of drug-likeness (QED) is 0.252. The molecule has 0 aliphatic rings. The minimum atomic E-state index is -3.99. The molecule has 0 saturated carbocycles. The summed E-state index contributed by atoms with van der Waals surface area (Å²) in [5.74, 6) is 1.28. The number of furan rings is 1. The molecule has 0 aliphatic carbocycles. The number of carbonyl (C=O) groups is 1. The molecule has 0 aliphatic heterocycles. The smallest absolute Gasteiger partial charge is 0.321 e. The summed E-state index contributed by atoms with van der Waals surface area (Å²) in [5.41, 5.74) is 2.56. The molecule has 4 rings (SSSR count). The summed E-state index contributed by atoms with van der Waals surface area (Å²) < 4.78 is 49.7. The number of anilines is 2. The number of ether oxygens (including phenoxy) is 3. The standard InChI is InChI=1S/C28H30N4O7S/c1-17(2)22-12-6-18(3)14-24(22)38-16-20-9-13-23(39-20)27(33)29-19-7-10-21(11-8-19)40(34,35)32-25-15-26(36-4)31-28(30-25)37-5/h6-15,17H,16H2,1-5H3,(H,29,33)(H,30,31,32). The third-order valence-corrected chi connectivity index (χ3v) is 7.15. The zero-order valence-electron chi connectivity index (χ0n) is 22.7. The average molecular weight is 567 g/mol. The van der Waals surface area contributed by atoms with Gasteiger partial charge in [0.05, 0.1) is 19.1 Å². The van der Waals surface area contributed by atoms with Crippen LogP contribution in [0, 0.1) is 6.92 Å². The maximum absolute atomic E-state index is 12.8. The van der Waals surface area contributed by atoms with Gasteiger partial charge in [-0.25, -0.2) is 8.42 Å². The largest absolute Gasteiger partial charge is 0.485 e. The zero-order valence-corrected chi connectivity index (χ0v) is 23.5. The fraction of sp³-hybridized carbons (Fsp3) is 0.250. The Kier molecular flexibility index (Phi) is 8.58. The second-order valence-electron chi connectivity index (χ2n) is 9.12. The van der Waals surface area contributed by atoms with Crippen molar-refractivity contribution < 1.29 is 31.8 Å². The zero-order chi connectivity index (χ0) is 28.9. The lowest BCUT2D eigenvalue weighted by atomic mass is 10.0. The molecule has 0 atom stereocenters. The Morgan fingerprint density at radius 3 is 2.40 bits per heavy atom. The number of methoxy groups -OCH3 is 2. The first-order valence-electron chi connectivity index (χ1n) is 12.3. The fourth-order valence-corrected chi connectivity index (χ4v) is 4.72. The van der Waals surface area contributed by atoms with Gasteiger partial charge in [0, 0.05) is 11.8 Å². The van der Waals surface area contributed by atoms with Gasteiger partial charge >= 0.3 is 6.01 Å². The Hall–Kier alpha value is -4.58. The Bertz CT molecular complexity index is 1580. The second kappa shape index (κ2) is 12.1. The van der Waals surface area contributed by atoms with E-state index in [0.29, 0.717) is 17.4 Å². The van der Waals surface area contributed by atoms with Crippen molar-refractivity contribution in [1.82, 2.24) is 9.97 Å². The summed E-state index contributed by atoms with van der Waals surface area (Å²) in [7, 11) is -1.25. The number of sulfonamides is 1. The molecule has 0 bridgehead atoms. The highest BCUT2D eigenvalue weighted by atomic mass is 32.2. The lowest BCUT2D eigenvalue weighted by Gasteiger charge is -2.14. The summed E-state index contributed by atoms with van der Waals surface area (Å²) in [6.07, 6.45) is 0. The summed E-state index contributed by atoms with van der Waals surface area (Å²) in [6.45, 7) is 6.36. The van der Waals surface area contributed by atoms with Crippen molar-refractivity contribution in [3.05, 3.63) is 83.3 Å². The van der Waals surface area contributed by atoms with E-state index in [1.807, 2.05) is 25.1 Å². The molecule has 40 heavy (non-hydrogen) atoms. The van der Waals surface area contributed by atoms with Gasteiger partial charge < -0.3 is 23.9 Å². The first-order valence-corrected chi connectivity index (χ1v) is 13.8. The molecule has 12 heteroatoms. The number of rotatable bonds is 11. The van der Waals surface area contributed by atoms with Crippen LogP contribution < -0.4 is 24.2 Å². The molecule has 2 N–H and O–H groups in total. The number of carbonyl (C=O) groups excluding carboxylic acids is 1. The third kappa shape index (κ3) is 6.89. The summed E-state index contributed by atoms with van der Waals surface area (Å²) in [5, 5.41) is 2.69. The van der Waals surface area contributed by atoms with Crippen molar-refractivity contribution in [2.24, 2.45) is 0 Å². The van der Waals surface area contributed by atoms with E-state index < -0.39 is 15.9 Å². The van der Waals surface area contributed by atoms with Crippen LogP contribution in [0.3, 0.4) is 0 Å². The molecule has 2 heterocycles. The molecule has 0 radical (unpaired) electrons. The van der Waals surface area contributed by atoms with E-state index in [1.54, 1.807) is 12.1 Å². The highest BCUT2D eigenvalue weighted by Crippen LogP contribution is 2.28. The molecular formula is C28H30N4O7S. The van der Waals surface area contributed by atoms with E-state index in [4.69, 9.17) is 18.6 Å². The number of hydrogen-bond acceptors (Lipinski definition) is 9. The normalized spacial score (nSPS) is 11.2.